The van der Waals surface area contributed by atoms with Gasteiger partial charge in [0, 0.05) is 16.9 Å². The molecule has 1 aromatic heterocycles. The van der Waals surface area contributed by atoms with E-state index in [9.17, 15) is 15.5 Å². The van der Waals surface area contributed by atoms with Crippen molar-refractivity contribution in [3.05, 3.63) is 23.9 Å². The van der Waals surface area contributed by atoms with Crippen LogP contribution in [0.2, 0.25) is 0 Å². The van der Waals surface area contributed by atoms with Crippen molar-refractivity contribution in [1.29, 1.82) is 0 Å². The lowest BCUT2D eigenvalue weighted by atomic mass is 10.3. The lowest BCUT2D eigenvalue weighted by Crippen LogP contribution is -2.06. The van der Waals surface area contributed by atoms with Crippen LogP contribution in [0, 0.1) is 6.92 Å². The van der Waals surface area contributed by atoms with Crippen LogP contribution in [0.25, 0.3) is 0 Å². The average molecular weight is 236 g/mol. The van der Waals surface area contributed by atoms with Crippen molar-refractivity contribution in [2.24, 2.45) is 0 Å². The zero-order valence-corrected chi connectivity index (χ0v) is 8.05. The topological polar surface area (TPSA) is 12.9 Å². The number of pyridine rings is 1. The fourth-order valence-corrected chi connectivity index (χ4v) is 1.53. The lowest BCUT2D eigenvalue weighted by Gasteiger charge is -2.41. The largest absolute Gasteiger partial charge is 0.268 e. The van der Waals surface area contributed by atoms with Crippen LogP contribution < -0.4 is 0 Å². The van der Waals surface area contributed by atoms with Crippen LogP contribution in [0.3, 0.4) is 0 Å². The van der Waals surface area contributed by atoms with Gasteiger partial charge in [0.05, 0.1) is 0 Å². The van der Waals surface area contributed by atoms with Crippen molar-refractivity contribution in [3.63, 3.8) is 0 Å². The first kappa shape index (κ1) is 10.6. The Balaban J connectivity index is 3.34. The van der Waals surface area contributed by atoms with Crippen molar-refractivity contribution in [1.82, 2.24) is 4.98 Å². The second-order valence-electron chi connectivity index (χ2n) is 2.64. The van der Waals surface area contributed by atoms with Gasteiger partial charge in [-0.25, -0.2) is 4.98 Å². The molecule has 0 unspecified atom stereocenters. The van der Waals surface area contributed by atoms with E-state index < -0.39 is 14.1 Å². The molecule has 1 aromatic rings. The second kappa shape index (κ2) is 2.12. The summed E-state index contributed by atoms with van der Waals surface area (Å²) < 4.78 is 49.8. The summed E-state index contributed by atoms with van der Waals surface area (Å²) in [6, 6.07) is 1.63. The molecule has 0 atom stereocenters. The van der Waals surface area contributed by atoms with E-state index in [0.29, 0.717) is 11.6 Å². The van der Waals surface area contributed by atoms with Crippen LogP contribution in [-0.4, -0.2) is 4.98 Å². The van der Waals surface area contributed by atoms with Crippen LogP contribution in [0.5, 0.6) is 0 Å². The highest BCUT2D eigenvalue weighted by molar-refractivity contribution is 8.65. The van der Waals surface area contributed by atoms with E-state index in [2.05, 4.69) is 15.7 Å². The maximum atomic E-state index is 12.4. The molecule has 0 fully saturated rings. The Hall–Kier alpha value is -0.490. The van der Waals surface area contributed by atoms with Crippen molar-refractivity contribution < 1.29 is 15.5 Å². The summed E-state index contributed by atoms with van der Waals surface area (Å²) in [5, 5.41) is -1.66. The quantitative estimate of drug-likeness (QED) is 0.661. The van der Waals surface area contributed by atoms with E-state index in [1.165, 1.54) is 6.92 Å². The number of aryl methyl sites for hydroxylation is 1. The molecule has 0 amide bonds. The highest BCUT2D eigenvalue weighted by Gasteiger charge is 2.64. The fourth-order valence-electron chi connectivity index (χ4n) is 0.682. The summed E-state index contributed by atoms with van der Waals surface area (Å²) >= 11 is 0. The summed E-state index contributed by atoms with van der Waals surface area (Å²) in [4.78, 5) is 2.91. The SMILES string of the molecule is Cc1ccc(S(F)(F)(F)(F)Cl)nc1. The molecular weight excluding hydrogens is 230 g/mol. The molecule has 13 heavy (non-hydrogen) atoms. The zero-order chi connectivity index (χ0) is 10.4. The van der Waals surface area contributed by atoms with Gasteiger partial charge in [-0.3, -0.25) is 0 Å². The first-order chi connectivity index (χ1) is 5.49. The molecule has 0 aliphatic heterocycles. The van der Waals surface area contributed by atoms with Crippen molar-refractivity contribution in [2.75, 3.05) is 0 Å². The molecule has 0 spiro atoms. The summed E-state index contributed by atoms with van der Waals surface area (Å²) in [6.45, 7) is 1.54. The van der Waals surface area contributed by atoms with Gasteiger partial charge in [-0.15, -0.1) is 15.5 Å². The third kappa shape index (κ3) is 2.73. The molecule has 1 nitrogen and oxygen atoms in total. The van der Waals surface area contributed by atoms with E-state index in [1.54, 1.807) is 0 Å². The van der Waals surface area contributed by atoms with Crippen molar-refractivity contribution in [2.45, 2.75) is 11.9 Å². The molecule has 1 heterocycles. The van der Waals surface area contributed by atoms with Crippen LogP contribution in [0.1, 0.15) is 5.56 Å². The second-order valence-corrected chi connectivity index (χ2v) is 6.86. The fraction of sp³-hybridized carbons (Fsp3) is 0.167. The molecule has 0 aliphatic carbocycles. The molecule has 0 N–H and O–H groups in total. The third-order valence-electron chi connectivity index (χ3n) is 1.28. The lowest BCUT2D eigenvalue weighted by molar-refractivity contribution is 0.473. The standard InChI is InChI=1S/C6H6ClF4NS/c1-5-2-3-6(12-4-5)13(7,8,9,10)11/h2-4H,1H3. The van der Waals surface area contributed by atoms with Crippen LogP contribution in [0.4, 0.5) is 15.5 Å². The number of rotatable bonds is 1. The van der Waals surface area contributed by atoms with Gasteiger partial charge < -0.3 is 0 Å². The highest BCUT2D eigenvalue weighted by atomic mass is 35.7. The first-order valence-corrected chi connectivity index (χ1v) is 6.03. The predicted octanol–water partition coefficient (Wildman–Crippen LogP) is 4.32. The van der Waals surface area contributed by atoms with E-state index >= 15 is 0 Å². The molecule has 0 bridgehead atoms. The van der Waals surface area contributed by atoms with Crippen molar-refractivity contribution >= 4 is 19.7 Å². The molecule has 0 aliphatic rings. The molecule has 0 saturated heterocycles. The van der Waals surface area contributed by atoms with E-state index in [1.807, 2.05) is 0 Å². The smallest absolute Gasteiger partial charge is 0.242 e. The Labute approximate surface area is 76.7 Å². The van der Waals surface area contributed by atoms with E-state index in [-0.39, 0.29) is 0 Å². The van der Waals surface area contributed by atoms with Gasteiger partial charge in [0.25, 0.3) is 9.05 Å². The molecule has 0 saturated carbocycles. The van der Waals surface area contributed by atoms with Gasteiger partial charge in [0.2, 0.25) is 0 Å². The third-order valence-corrected chi connectivity index (χ3v) is 2.79. The van der Waals surface area contributed by atoms with Gasteiger partial charge in [-0.2, -0.15) is 0 Å². The Morgan fingerprint density at radius 1 is 1.23 bits per heavy atom. The zero-order valence-electron chi connectivity index (χ0n) is 6.48. The van der Waals surface area contributed by atoms with Gasteiger partial charge in [0.1, 0.15) is 0 Å². The molecule has 0 aromatic carbocycles. The Kier molecular flexibility index (Phi) is 1.72. The maximum Gasteiger partial charge on any atom is 0.268 e. The molecular formula is C6H6ClF4NS. The van der Waals surface area contributed by atoms with Gasteiger partial charge in [-0.05, 0) is 18.6 Å². The highest BCUT2D eigenvalue weighted by Crippen LogP contribution is 3.03. The van der Waals surface area contributed by atoms with Gasteiger partial charge in [-0.1, -0.05) is 6.07 Å². The van der Waals surface area contributed by atoms with E-state index in [0.717, 1.165) is 12.3 Å². The number of nitrogens with zero attached hydrogens (tertiary/aromatic N) is 1. The van der Waals surface area contributed by atoms with Gasteiger partial charge >= 0.3 is 0 Å². The maximum absolute atomic E-state index is 12.4. The summed E-state index contributed by atoms with van der Waals surface area (Å²) in [6.07, 6.45) is 0.913. The Morgan fingerprint density at radius 3 is 2.08 bits per heavy atom. The van der Waals surface area contributed by atoms with Crippen LogP contribution in [-0.2, 0) is 0 Å². The number of hydrogen-bond donors (Lipinski definition) is 0. The van der Waals surface area contributed by atoms with Crippen LogP contribution in [0.15, 0.2) is 23.4 Å². The first-order valence-electron chi connectivity index (χ1n) is 3.16. The van der Waals surface area contributed by atoms with Crippen molar-refractivity contribution in [3.8, 4) is 0 Å². The molecule has 76 valence electrons. The molecule has 0 radical (unpaired) electrons. The Morgan fingerprint density at radius 2 is 1.77 bits per heavy atom. The minimum atomic E-state index is -8.59. The van der Waals surface area contributed by atoms with Crippen LogP contribution >= 0.6 is 19.7 Å². The number of aromatic nitrogens is 1. The van der Waals surface area contributed by atoms with Gasteiger partial charge in [0.15, 0.2) is 5.03 Å². The normalized spacial score (nSPS) is 17.7. The number of hydrogen-bond acceptors (Lipinski definition) is 1. The summed E-state index contributed by atoms with van der Waals surface area (Å²) in [5.74, 6) is 0. The minimum absolute atomic E-state index is 0.502. The summed E-state index contributed by atoms with van der Waals surface area (Å²) in [5.41, 5.74) is 0.502. The monoisotopic (exact) mass is 235 g/mol. The summed E-state index contributed by atoms with van der Waals surface area (Å²) in [7, 11) is -4.58. The molecule has 1 rings (SSSR count). The molecule has 7 heteroatoms. The predicted molar refractivity (Wildman–Crippen MR) is 45.1 cm³/mol. The van der Waals surface area contributed by atoms with E-state index in [4.69, 9.17) is 0 Å². The number of halogens is 5. The average Bonchev–Trinajstić information content (AvgIpc) is 1.82. The minimum Gasteiger partial charge on any atom is -0.242 e. The Bertz CT molecular complexity index is 329.